The Kier molecular flexibility index (Phi) is 5.66. The second-order valence-corrected chi connectivity index (χ2v) is 6.67. The van der Waals surface area contributed by atoms with Crippen molar-refractivity contribution in [1.29, 1.82) is 0 Å². The van der Waals surface area contributed by atoms with E-state index >= 15 is 0 Å². The summed E-state index contributed by atoms with van der Waals surface area (Å²) in [7, 11) is 0. The van der Waals surface area contributed by atoms with Crippen LogP contribution in [0.5, 0.6) is 0 Å². The van der Waals surface area contributed by atoms with Crippen molar-refractivity contribution in [2.75, 3.05) is 19.6 Å². The van der Waals surface area contributed by atoms with Crippen molar-refractivity contribution in [1.82, 2.24) is 15.2 Å². The Balaban J connectivity index is 1.59. The van der Waals surface area contributed by atoms with Crippen LogP contribution in [0.1, 0.15) is 31.7 Å². The first-order valence-corrected chi connectivity index (χ1v) is 8.95. The average Bonchev–Trinajstić information content (AvgIpc) is 2.65. The first-order valence-electron chi connectivity index (χ1n) is 8.95. The average molecular weight is 339 g/mol. The van der Waals surface area contributed by atoms with Crippen molar-refractivity contribution in [3.8, 4) is 0 Å². The number of aromatic amines is 1. The lowest BCUT2D eigenvalue weighted by Crippen LogP contribution is -2.44. The number of pyridine rings is 1. The topological polar surface area (TPSA) is 65.2 Å². The number of amides is 1. The Morgan fingerprint density at radius 3 is 2.84 bits per heavy atom. The van der Waals surface area contributed by atoms with Gasteiger partial charge in [-0.2, -0.15) is 0 Å². The first-order chi connectivity index (χ1) is 12.1. The van der Waals surface area contributed by atoms with Gasteiger partial charge < -0.3 is 10.3 Å². The van der Waals surface area contributed by atoms with Gasteiger partial charge in [-0.3, -0.25) is 14.5 Å². The van der Waals surface area contributed by atoms with Gasteiger partial charge in [0.1, 0.15) is 0 Å². The first kappa shape index (κ1) is 17.4. The third-order valence-corrected chi connectivity index (χ3v) is 4.78. The molecule has 1 saturated heterocycles. The van der Waals surface area contributed by atoms with Crippen molar-refractivity contribution < 1.29 is 4.79 Å². The number of H-pyrrole nitrogens is 1. The summed E-state index contributed by atoms with van der Waals surface area (Å²) in [6.07, 6.45) is 6.79. The predicted molar refractivity (Wildman–Crippen MR) is 101 cm³/mol. The van der Waals surface area contributed by atoms with Crippen molar-refractivity contribution in [3.63, 3.8) is 0 Å². The molecule has 1 aliphatic rings. The highest BCUT2D eigenvalue weighted by molar-refractivity contribution is 5.92. The van der Waals surface area contributed by atoms with Gasteiger partial charge in [0.25, 0.3) is 5.56 Å². The predicted octanol–water partition coefficient (Wildman–Crippen LogP) is 2.53. The molecule has 25 heavy (non-hydrogen) atoms. The lowest BCUT2D eigenvalue weighted by molar-refractivity contribution is -0.116. The minimum absolute atomic E-state index is 0.170. The molecule has 1 unspecified atom stereocenters. The third-order valence-electron chi connectivity index (χ3n) is 4.78. The number of para-hydroxylation sites is 1. The lowest BCUT2D eigenvalue weighted by Gasteiger charge is -2.32. The van der Waals surface area contributed by atoms with Gasteiger partial charge in [0.05, 0.1) is 0 Å². The Labute approximate surface area is 147 Å². The van der Waals surface area contributed by atoms with Crippen molar-refractivity contribution in [2.45, 2.75) is 32.2 Å². The Bertz CT molecular complexity index is 819. The number of benzene rings is 1. The van der Waals surface area contributed by atoms with E-state index in [0.717, 1.165) is 24.0 Å². The molecule has 1 aliphatic heterocycles. The fourth-order valence-corrected chi connectivity index (χ4v) is 3.25. The quantitative estimate of drug-likeness (QED) is 0.823. The fraction of sp³-hybridized carbons (Fsp3) is 0.400. The van der Waals surface area contributed by atoms with E-state index in [0.29, 0.717) is 18.2 Å². The van der Waals surface area contributed by atoms with Crippen LogP contribution in [0.4, 0.5) is 0 Å². The summed E-state index contributed by atoms with van der Waals surface area (Å²) in [5, 5.41) is 3.87. The van der Waals surface area contributed by atoms with Gasteiger partial charge >= 0.3 is 0 Å². The molecule has 2 aromatic rings. The molecule has 0 bridgehead atoms. The summed E-state index contributed by atoms with van der Waals surface area (Å²) in [5.41, 5.74) is 1.09. The largest absolute Gasteiger partial charge is 0.351 e. The number of carbonyl (C=O) groups is 1. The van der Waals surface area contributed by atoms with Gasteiger partial charge in [-0.15, -0.1) is 0 Å². The van der Waals surface area contributed by atoms with E-state index in [4.69, 9.17) is 0 Å². The molecule has 3 rings (SSSR count). The number of nitrogens with one attached hydrogen (secondary N) is 2. The number of aromatic nitrogens is 1. The van der Waals surface area contributed by atoms with Gasteiger partial charge in [-0.1, -0.05) is 24.6 Å². The van der Waals surface area contributed by atoms with Crippen LogP contribution in [0.15, 0.2) is 41.2 Å². The van der Waals surface area contributed by atoms with Crippen LogP contribution in [0.2, 0.25) is 0 Å². The SMILES string of the molecule is CC(CNC(=O)/C=C/c1cc2ccccc2[nH]c1=O)N1CCCCC1. The molecule has 0 saturated carbocycles. The van der Waals surface area contributed by atoms with E-state index in [-0.39, 0.29) is 11.5 Å². The zero-order valence-corrected chi connectivity index (χ0v) is 14.6. The molecule has 5 nitrogen and oxygen atoms in total. The van der Waals surface area contributed by atoms with Gasteiger partial charge in [0.2, 0.25) is 5.91 Å². The number of rotatable bonds is 5. The molecule has 1 aromatic heterocycles. The summed E-state index contributed by atoms with van der Waals surface area (Å²) >= 11 is 0. The van der Waals surface area contributed by atoms with Gasteiger partial charge in [0.15, 0.2) is 0 Å². The van der Waals surface area contributed by atoms with E-state index in [1.54, 1.807) is 12.1 Å². The number of likely N-dealkylation sites (tertiary alicyclic amines) is 1. The zero-order chi connectivity index (χ0) is 17.6. The summed E-state index contributed by atoms with van der Waals surface area (Å²) in [6.45, 7) is 4.99. The summed E-state index contributed by atoms with van der Waals surface area (Å²) < 4.78 is 0. The van der Waals surface area contributed by atoms with Crippen LogP contribution in [0.25, 0.3) is 17.0 Å². The molecule has 132 valence electrons. The Morgan fingerprint density at radius 1 is 1.28 bits per heavy atom. The molecule has 0 aliphatic carbocycles. The van der Waals surface area contributed by atoms with Gasteiger partial charge in [0, 0.05) is 29.7 Å². The molecule has 1 fully saturated rings. The molecule has 1 amide bonds. The molecule has 1 aromatic carbocycles. The fourth-order valence-electron chi connectivity index (χ4n) is 3.25. The summed E-state index contributed by atoms with van der Waals surface area (Å²) in [6, 6.07) is 9.73. The summed E-state index contributed by atoms with van der Waals surface area (Å²) in [5.74, 6) is -0.170. The second-order valence-electron chi connectivity index (χ2n) is 6.67. The van der Waals surface area contributed by atoms with Crippen LogP contribution < -0.4 is 10.9 Å². The van der Waals surface area contributed by atoms with Gasteiger partial charge in [-0.05, 0) is 56.4 Å². The zero-order valence-electron chi connectivity index (χ0n) is 14.6. The maximum atomic E-state index is 12.1. The third kappa shape index (κ3) is 4.57. The number of hydrogen-bond donors (Lipinski definition) is 2. The van der Waals surface area contributed by atoms with Crippen molar-refractivity contribution >= 4 is 22.9 Å². The van der Waals surface area contributed by atoms with Crippen LogP contribution in [-0.2, 0) is 4.79 Å². The van der Waals surface area contributed by atoms with Crippen LogP contribution in [0, 0.1) is 0 Å². The molecule has 0 radical (unpaired) electrons. The molecular formula is C20H25N3O2. The molecular weight excluding hydrogens is 314 g/mol. The lowest BCUT2D eigenvalue weighted by atomic mass is 10.1. The highest BCUT2D eigenvalue weighted by Crippen LogP contribution is 2.12. The van der Waals surface area contributed by atoms with Gasteiger partial charge in [-0.25, -0.2) is 0 Å². The van der Waals surface area contributed by atoms with Crippen molar-refractivity contribution in [3.05, 3.63) is 52.3 Å². The van der Waals surface area contributed by atoms with Crippen LogP contribution in [0.3, 0.4) is 0 Å². The van der Waals surface area contributed by atoms with Crippen molar-refractivity contribution in [2.24, 2.45) is 0 Å². The van der Waals surface area contributed by atoms with E-state index < -0.39 is 0 Å². The number of piperidine rings is 1. The van der Waals surface area contributed by atoms with Crippen LogP contribution >= 0.6 is 0 Å². The maximum Gasteiger partial charge on any atom is 0.255 e. The number of hydrogen-bond acceptors (Lipinski definition) is 3. The molecule has 1 atom stereocenters. The number of fused-ring (bicyclic) bond motifs is 1. The van der Waals surface area contributed by atoms with Crippen LogP contribution in [-0.4, -0.2) is 41.5 Å². The molecule has 2 heterocycles. The molecule has 0 spiro atoms. The van der Waals surface area contributed by atoms with E-state index in [1.165, 1.54) is 25.3 Å². The Morgan fingerprint density at radius 2 is 2.04 bits per heavy atom. The minimum atomic E-state index is -0.190. The second kappa shape index (κ2) is 8.12. The highest BCUT2D eigenvalue weighted by Gasteiger charge is 2.16. The normalized spacial score (nSPS) is 17.0. The Hall–Kier alpha value is -2.40. The molecule has 5 heteroatoms. The number of carbonyl (C=O) groups excluding carboxylic acids is 1. The van der Waals surface area contributed by atoms with E-state index in [9.17, 15) is 9.59 Å². The summed E-state index contributed by atoms with van der Waals surface area (Å²) in [4.78, 5) is 29.4. The monoisotopic (exact) mass is 339 g/mol. The van der Waals surface area contributed by atoms with E-state index in [1.807, 2.05) is 24.3 Å². The van der Waals surface area contributed by atoms with E-state index in [2.05, 4.69) is 22.1 Å². The molecule has 2 N–H and O–H groups in total. The highest BCUT2D eigenvalue weighted by atomic mass is 16.1. The maximum absolute atomic E-state index is 12.1. The minimum Gasteiger partial charge on any atom is -0.351 e. The number of nitrogens with zero attached hydrogens (tertiary/aromatic N) is 1. The smallest absolute Gasteiger partial charge is 0.255 e. The standard InChI is InChI=1S/C20H25N3O2/c1-15(23-11-5-2-6-12-23)14-21-19(24)10-9-17-13-16-7-3-4-8-18(16)22-20(17)25/h3-4,7-10,13,15H,2,5-6,11-12,14H2,1H3,(H,21,24)(H,22,25)/b10-9+.